The summed E-state index contributed by atoms with van der Waals surface area (Å²) in [7, 11) is 0. The first-order valence-corrected chi connectivity index (χ1v) is 9.16. The van der Waals surface area contributed by atoms with Crippen LogP contribution in [-0.2, 0) is 27.4 Å². The summed E-state index contributed by atoms with van der Waals surface area (Å²) in [5.74, 6) is 0.0551. The predicted octanol–water partition coefficient (Wildman–Crippen LogP) is 0.890. The average Bonchev–Trinajstić information content (AvgIpc) is 2.68. The second-order valence-corrected chi connectivity index (χ2v) is 6.94. The number of nitrogens with two attached hydrogens (primary N) is 1. The molecule has 1 amide bonds. The lowest BCUT2D eigenvalue weighted by Crippen LogP contribution is -2.49. The van der Waals surface area contributed by atoms with Crippen molar-refractivity contribution in [3.63, 3.8) is 0 Å². The zero-order chi connectivity index (χ0) is 17.5. The molecule has 2 saturated heterocycles. The highest BCUT2D eigenvalue weighted by atomic mass is 16.5. The number of nitrogens with one attached hydrogen (secondary N) is 1. The van der Waals surface area contributed by atoms with Crippen molar-refractivity contribution >= 4 is 5.91 Å². The fourth-order valence-electron chi connectivity index (χ4n) is 3.53. The average molecular weight is 347 g/mol. The Labute approximate surface area is 149 Å². The molecule has 0 aliphatic carbocycles. The first kappa shape index (κ1) is 18.3. The summed E-state index contributed by atoms with van der Waals surface area (Å²) in [4.78, 5) is 15.1. The van der Waals surface area contributed by atoms with Crippen molar-refractivity contribution in [2.45, 2.75) is 25.9 Å². The van der Waals surface area contributed by atoms with Gasteiger partial charge in [0.05, 0.1) is 18.6 Å². The quantitative estimate of drug-likeness (QED) is 0.799. The van der Waals surface area contributed by atoms with Gasteiger partial charge in [-0.1, -0.05) is 24.3 Å². The topological polar surface area (TPSA) is 76.8 Å². The van der Waals surface area contributed by atoms with Gasteiger partial charge >= 0.3 is 0 Å². The van der Waals surface area contributed by atoms with Crippen molar-refractivity contribution < 1.29 is 14.3 Å². The van der Waals surface area contributed by atoms with E-state index in [0.29, 0.717) is 39.1 Å². The summed E-state index contributed by atoms with van der Waals surface area (Å²) < 4.78 is 10.8. The first-order chi connectivity index (χ1) is 12.2. The van der Waals surface area contributed by atoms with Crippen LogP contribution in [0.4, 0.5) is 0 Å². The monoisotopic (exact) mass is 347 g/mol. The highest BCUT2D eigenvalue weighted by Gasteiger charge is 2.38. The second kappa shape index (κ2) is 8.76. The molecule has 0 radical (unpaired) electrons. The summed E-state index contributed by atoms with van der Waals surface area (Å²) in [6, 6.07) is 8.32. The fraction of sp³-hybridized carbons (Fsp3) is 0.632. The molecule has 0 saturated carbocycles. The van der Waals surface area contributed by atoms with E-state index in [1.807, 2.05) is 6.07 Å². The number of benzene rings is 1. The van der Waals surface area contributed by atoms with Crippen molar-refractivity contribution in [2.75, 3.05) is 46.1 Å². The Balaban J connectivity index is 1.61. The number of ether oxygens (including phenoxy) is 2. The minimum absolute atomic E-state index is 0.0551. The number of hydrogen-bond acceptors (Lipinski definition) is 5. The molecular weight excluding hydrogens is 318 g/mol. The Morgan fingerprint density at radius 3 is 2.40 bits per heavy atom. The Morgan fingerprint density at radius 1 is 1.08 bits per heavy atom. The van der Waals surface area contributed by atoms with Crippen molar-refractivity contribution in [3.8, 4) is 0 Å². The third-order valence-electron chi connectivity index (χ3n) is 5.38. The Kier molecular flexibility index (Phi) is 6.42. The van der Waals surface area contributed by atoms with E-state index in [-0.39, 0.29) is 5.91 Å². The van der Waals surface area contributed by atoms with Gasteiger partial charge in [0.15, 0.2) is 0 Å². The number of morpholine rings is 1. The van der Waals surface area contributed by atoms with E-state index < -0.39 is 5.41 Å². The molecular formula is C19H29N3O3. The molecule has 1 aromatic carbocycles. The van der Waals surface area contributed by atoms with Crippen LogP contribution >= 0.6 is 0 Å². The van der Waals surface area contributed by atoms with Crippen molar-refractivity contribution in [2.24, 2.45) is 11.1 Å². The van der Waals surface area contributed by atoms with E-state index in [0.717, 1.165) is 32.8 Å². The van der Waals surface area contributed by atoms with Gasteiger partial charge in [0.1, 0.15) is 0 Å². The SMILES string of the molecule is NCC1(C(=O)NCc2ccccc2CN2CCOCC2)CCOCC1. The molecule has 138 valence electrons. The number of carbonyl (C=O) groups is 1. The number of hydrogen-bond donors (Lipinski definition) is 2. The third kappa shape index (κ3) is 4.58. The van der Waals surface area contributed by atoms with Crippen LogP contribution in [0.25, 0.3) is 0 Å². The van der Waals surface area contributed by atoms with Crippen LogP contribution in [0.2, 0.25) is 0 Å². The molecule has 1 aromatic rings. The lowest BCUT2D eigenvalue weighted by Gasteiger charge is -2.34. The van der Waals surface area contributed by atoms with Crippen LogP contribution in [0.3, 0.4) is 0 Å². The second-order valence-electron chi connectivity index (χ2n) is 6.94. The molecule has 2 heterocycles. The summed E-state index contributed by atoms with van der Waals surface area (Å²) in [5.41, 5.74) is 7.88. The van der Waals surface area contributed by atoms with Gasteiger partial charge in [-0.05, 0) is 24.0 Å². The smallest absolute Gasteiger partial charge is 0.227 e. The van der Waals surface area contributed by atoms with Gasteiger partial charge < -0.3 is 20.5 Å². The van der Waals surface area contributed by atoms with Gasteiger partial charge in [0, 0.05) is 45.9 Å². The molecule has 2 fully saturated rings. The molecule has 0 spiro atoms. The molecule has 6 heteroatoms. The molecule has 0 bridgehead atoms. The Hall–Kier alpha value is -1.47. The van der Waals surface area contributed by atoms with Crippen LogP contribution in [0, 0.1) is 5.41 Å². The minimum atomic E-state index is -0.475. The number of carbonyl (C=O) groups excluding carboxylic acids is 1. The van der Waals surface area contributed by atoms with Gasteiger partial charge in [-0.3, -0.25) is 9.69 Å². The maximum atomic E-state index is 12.8. The predicted molar refractivity (Wildman–Crippen MR) is 95.9 cm³/mol. The molecule has 0 atom stereocenters. The van der Waals surface area contributed by atoms with E-state index in [9.17, 15) is 4.79 Å². The van der Waals surface area contributed by atoms with Crippen molar-refractivity contribution in [3.05, 3.63) is 35.4 Å². The lowest BCUT2D eigenvalue weighted by molar-refractivity contribution is -0.136. The standard InChI is InChI=1S/C19H29N3O3/c20-15-19(5-9-24-10-6-19)18(23)21-13-16-3-1-2-4-17(16)14-22-7-11-25-12-8-22/h1-4H,5-15,20H2,(H,21,23). The minimum Gasteiger partial charge on any atom is -0.381 e. The number of nitrogens with zero attached hydrogens (tertiary/aromatic N) is 1. The summed E-state index contributed by atoms with van der Waals surface area (Å²) in [5, 5.41) is 3.12. The van der Waals surface area contributed by atoms with E-state index in [1.165, 1.54) is 11.1 Å². The van der Waals surface area contributed by atoms with Gasteiger partial charge in [0.25, 0.3) is 0 Å². The van der Waals surface area contributed by atoms with Gasteiger partial charge in [0.2, 0.25) is 5.91 Å². The van der Waals surface area contributed by atoms with Crippen molar-refractivity contribution in [1.82, 2.24) is 10.2 Å². The summed E-state index contributed by atoms with van der Waals surface area (Å²) in [6.45, 7) is 6.52. The van der Waals surface area contributed by atoms with Crippen molar-refractivity contribution in [1.29, 1.82) is 0 Å². The van der Waals surface area contributed by atoms with Crippen LogP contribution in [0.15, 0.2) is 24.3 Å². The Bertz CT molecular complexity index is 567. The summed E-state index contributed by atoms with van der Waals surface area (Å²) >= 11 is 0. The fourth-order valence-corrected chi connectivity index (χ4v) is 3.53. The Morgan fingerprint density at radius 2 is 1.72 bits per heavy atom. The van der Waals surface area contributed by atoms with Crippen LogP contribution in [0.5, 0.6) is 0 Å². The molecule has 3 rings (SSSR count). The van der Waals surface area contributed by atoms with Crippen LogP contribution in [-0.4, -0.2) is 56.9 Å². The third-order valence-corrected chi connectivity index (χ3v) is 5.38. The molecule has 2 aliphatic rings. The van der Waals surface area contributed by atoms with E-state index in [2.05, 4.69) is 28.4 Å². The summed E-state index contributed by atoms with van der Waals surface area (Å²) in [6.07, 6.45) is 1.40. The van der Waals surface area contributed by atoms with Gasteiger partial charge in [-0.15, -0.1) is 0 Å². The molecule has 0 unspecified atom stereocenters. The molecule has 3 N–H and O–H groups in total. The maximum Gasteiger partial charge on any atom is 0.227 e. The zero-order valence-electron chi connectivity index (χ0n) is 14.8. The first-order valence-electron chi connectivity index (χ1n) is 9.16. The normalized spacial score (nSPS) is 21.0. The highest BCUT2D eigenvalue weighted by Crippen LogP contribution is 2.29. The van der Waals surface area contributed by atoms with Gasteiger partial charge in [-0.25, -0.2) is 0 Å². The van der Waals surface area contributed by atoms with E-state index in [4.69, 9.17) is 15.2 Å². The maximum absolute atomic E-state index is 12.8. The van der Waals surface area contributed by atoms with Crippen LogP contribution < -0.4 is 11.1 Å². The zero-order valence-corrected chi connectivity index (χ0v) is 14.8. The molecule has 6 nitrogen and oxygen atoms in total. The lowest BCUT2D eigenvalue weighted by atomic mass is 9.79. The number of rotatable bonds is 6. The van der Waals surface area contributed by atoms with E-state index in [1.54, 1.807) is 0 Å². The molecule has 25 heavy (non-hydrogen) atoms. The largest absolute Gasteiger partial charge is 0.381 e. The van der Waals surface area contributed by atoms with Crippen LogP contribution in [0.1, 0.15) is 24.0 Å². The van der Waals surface area contributed by atoms with E-state index >= 15 is 0 Å². The molecule has 2 aliphatic heterocycles. The molecule has 0 aromatic heterocycles. The number of amides is 1. The highest BCUT2D eigenvalue weighted by molar-refractivity contribution is 5.83. The van der Waals surface area contributed by atoms with Gasteiger partial charge in [-0.2, -0.15) is 0 Å².